The van der Waals surface area contributed by atoms with Crippen LogP contribution in [0.25, 0.3) is 0 Å². The average molecular weight is 559 g/mol. The van der Waals surface area contributed by atoms with Crippen LogP contribution in [0.2, 0.25) is 0 Å². The second-order valence-electron chi connectivity index (χ2n) is 11.2. The lowest BCUT2D eigenvalue weighted by Gasteiger charge is -2.64. The van der Waals surface area contributed by atoms with Crippen LogP contribution >= 0.6 is 0 Å². The summed E-state index contributed by atoms with van der Waals surface area (Å²) in [5, 5.41) is 23.2. The lowest BCUT2D eigenvalue weighted by molar-refractivity contribution is -0.196. The number of aromatic hydroxyl groups is 1. The van der Waals surface area contributed by atoms with E-state index in [4.69, 9.17) is 9.29 Å². The third-order valence-electron chi connectivity index (χ3n) is 9.22. The van der Waals surface area contributed by atoms with Crippen LogP contribution in [0.4, 0.5) is 4.39 Å². The Morgan fingerprint density at radius 3 is 2.67 bits per heavy atom. The van der Waals surface area contributed by atoms with Crippen LogP contribution in [-0.2, 0) is 28.5 Å². The molecular weight excluding hydrogens is 527 g/mol. The Morgan fingerprint density at radius 1 is 1.23 bits per heavy atom. The Labute approximate surface area is 226 Å². The molecule has 1 amide bonds. The molecule has 5 atom stereocenters. The molecule has 9 nitrogen and oxygen atoms in total. The van der Waals surface area contributed by atoms with E-state index in [-0.39, 0.29) is 29.3 Å². The van der Waals surface area contributed by atoms with Gasteiger partial charge < -0.3 is 19.8 Å². The predicted molar refractivity (Wildman–Crippen MR) is 140 cm³/mol. The van der Waals surface area contributed by atoms with Crippen molar-refractivity contribution in [2.75, 3.05) is 19.3 Å². The minimum atomic E-state index is -3.67. The van der Waals surface area contributed by atoms with Crippen molar-refractivity contribution in [1.29, 1.82) is 0 Å². The Kier molecular flexibility index (Phi) is 5.89. The number of carbonyl (C=O) groups is 1. The molecule has 3 aliphatic heterocycles. The molecule has 0 aromatic heterocycles. The summed E-state index contributed by atoms with van der Waals surface area (Å²) in [6.07, 6.45) is 4.47. The van der Waals surface area contributed by atoms with E-state index < -0.39 is 33.1 Å². The first-order chi connectivity index (χ1) is 18.4. The normalized spacial score (nSPS) is 32.1. The number of fused-ring (bicyclic) bond motifs is 1. The molecule has 5 aliphatic rings. The highest BCUT2D eigenvalue weighted by molar-refractivity contribution is 7.85. The van der Waals surface area contributed by atoms with E-state index in [2.05, 4.69) is 11.5 Å². The third-order valence-corrected chi connectivity index (χ3v) is 9.22. The zero-order valence-corrected chi connectivity index (χ0v) is 22.3. The van der Waals surface area contributed by atoms with Crippen molar-refractivity contribution in [3.8, 4) is 11.5 Å². The zero-order valence-electron chi connectivity index (χ0n) is 21.5. The maximum Gasteiger partial charge on any atom is 0.261 e. The van der Waals surface area contributed by atoms with Gasteiger partial charge in [0, 0.05) is 24.7 Å². The lowest BCUT2D eigenvalue weighted by atomic mass is 9.48. The molecule has 3 heterocycles. The molecule has 2 aliphatic carbocycles. The van der Waals surface area contributed by atoms with Gasteiger partial charge >= 0.3 is 0 Å². The van der Waals surface area contributed by atoms with Crippen molar-refractivity contribution < 1.29 is 37.1 Å². The second-order valence-corrected chi connectivity index (χ2v) is 12.6. The van der Waals surface area contributed by atoms with Crippen LogP contribution in [0.3, 0.4) is 0 Å². The first-order valence-corrected chi connectivity index (χ1v) is 14.9. The molecule has 1 saturated carbocycles. The topological polar surface area (TPSA) is 128 Å². The maximum atomic E-state index is 14.6. The van der Waals surface area contributed by atoms with Gasteiger partial charge in [-0.1, -0.05) is 24.3 Å². The van der Waals surface area contributed by atoms with Crippen molar-refractivity contribution in [3.05, 3.63) is 71.1 Å². The maximum absolute atomic E-state index is 14.6. The van der Waals surface area contributed by atoms with Gasteiger partial charge in [0.1, 0.15) is 11.9 Å². The number of carbonyl (C=O) groups excluding carboxylic acids is 1. The number of piperidine rings is 1. The molecule has 208 valence electrons. The number of amides is 1. The Morgan fingerprint density at radius 2 is 1.97 bits per heavy atom. The summed E-state index contributed by atoms with van der Waals surface area (Å²) in [6, 6.07) is 7.94. The highest BCUT2D eigenvalue weighted by Gasteiger charge is 2.73. The Hall–Kier alpha value is -2.99. The summed E-state index contributed by atoms with van der Waals surface area (Å²) in [5.74, 6) is -0.307. The molecule has 2 aromatic carbocycles. The molecule has 7 rings (SSSR count). The standard InChI is InChI=1S/C27H27FN2O4.CH4O3S/c1-2-11-29-12-10-26-22-15-6-7-19(31)23(22)34-24(26)18(8-9-27(26,33)20(29)13-15)30-14-16-4-3-5-17(28)21(16)25(30)32;1-5(2,3)4/h2-7,18,20,24,31,33H,1,8-14H2;1H3,(H,2,3,4)/t18-,20-,24+,26+,27?;/m1./s1. The van der Waals surface area contributed by atoms with Gasteiger partial charge in [-0.3, -0.25) is 14.2 Å². The van der Waals surface area contributed by atoms with E-state index >= 15 is 0 Å². The zero-order chi connectivity index (χ0) is 27.9. The molecular formula is C28H31FN2O7S. The molecule has 2 bridgehead atoms. The van der Waals surface area contributed by atoms with E-state index in [1.165, 1.54) is 6.07 Å². The summed E-state index contributed by atoms with van der Waals surface area (Å²) in [7, 11) is -3.67. The molecule has 1 spiro atoms. The monoisotopic (exact) mass is 558 g/mol. The SMILES string of the molecule is C=CCN1CC[C@]23c4c5ccc(O)c4O[C@H]2[C@H](N2Cc4cccc(F)c4C2=O)CCC3(O)[C@H]1C5.CS(=O)(=O)O. The first kappa shape index (κ1) is 26.2. The summed E-state index contributed by atoms with van der Waals surface area (Å²) in [6.45, 7) is 5.69. The largest absolute Gasteiger partial charge is 0.504 e. The van der Waals surface area contributed by atoms with Crippen molar-refractivity contribution in [2.24, 2.45) is 0 Å². The molecule has 2 aromatic rings. The molecule has 1 unspecified atom stereocenters. The number of likely N-dealkylation sites (tertiary alicyclic amines) is 1. The molecule has 0 radical (unpaired) electrons. The fourth-order valence-corrected chi connectivity index (χ4v) is 7.92. The van der Waals surface area contributed by atoms with Crippen LogP contribution in [-0.4, -0.2) is 82.0 Å². The highest BCUT2D eigenvalue weighted by atomic mass is 32.2. The number of rotatable bonds is 3. The molecule has 39 heavy (non-hydrogen) atoms. The van der Waals surface area contributed by atoms with Gasteiger partial charge in [0.15, 0.2) is 11.5 Å². The van der Waals surface area contributed by atoms with Crippen molar-refractivity contribution in [2.45, 2.75) is 61.4 Å². The second kappa shape index (κ2) is 8.76. The number of hydrogen-bond acceptors (Lipinski definition) is 7. The van der Waals surface area contributed by atoms with Crippen LogP contribution in [0, 0.1) is 5.82 Å². The van der Waals surface area contributed by atoms with Crippen LogP contribution in [0.15, 0.2) is 43.0 Å². The quantitative estimate of drug-likeness (QED) is 0.387. The molecule has 3 N–H and O–H groups in total. The third kappa shape index (κ3) is 3.67. The van der Waals surface area contributed by atoms with Gasteiger partial charge in [0.25, 0.3) is 16.0 Å². The molecule has 2 fully saturated rings. The summed E-state index contributed by atoms with van der Waals surface area (Å²) >= 11 is 0. The van der Waals surface area contributed by atoms with Gasteiger partial charge in [-0.15, -0.1) is 6.58 Å². The van der Waals surface area contributed by atoms with Crippen LogP contribution in [0.5, 0.6) is 11.5 Å². The minimum absolute atomic E-state index is 0.0673. The van der Waals surface area contributed by atoms with E-state index in [1.807, 2.05) is 12.1 Å². The summed E-state index contributed by atoms with van der Waals surface area (Å²) < 4.78 is 47.0. The van der Waals surface area contributed by atoms with Crippen molar-refractivity contribution in [1.82, 2.24) is 9.80 Å². The summed E-state index contributed by atoms with van der Waals surface area (Å²) in [4.78, 5) is 17.4. The number of phenols is 1. The number of benzene rings is 2. The van der Waals surface area contributed by atoms with E-state index in [0.717, 1.165) is 17.7 Å². The number of halogens is 1. The number of phenolic OH excluding ortho intramolecular Hbond substituents is 1. The number of nitrogens with zero attached hydrogens (tertiary/aromatic N) is 2. The number of ether oxygens (including phenoxy) is 1. The van der Waals surface area contributed by atoms with Gasteiger partial charge in [-0.25, -0.2) is 4.39 Å². The molecule has 1 saturated heterocycles. The van der Waals surface area contributed by atoms with Crippen LogP contribution in [0.1, 0.15) is 46.3 Å². The van der Waals surface area contributed by atoms with E-state index in [9.17, 15) is 27.8 Å². The van der Waals surface area contributed by atoms with Gasteiger partial charge in [-0.05, 0) is 55.5 Å². The van der Waals surface area contributed by atoms with Crippen molar-refractivity contribution in [3.63, 3.8) is 0 Å². The van der Waals surface area contributed by atoms with E-state index in [0.29, 0.717) is 56.3 Å². The van der Waals surface area contributed by atoms with Crippen LogP contribution < -0.4 is 4.74 Å². The number of aliphatic hydroxyl groups is 1. The molecule has 11 heteroatoms. The van der Waals surface area contributed by atoms with E-state index in [1.54, 1.807) is 23.1 Å². The summed E-state index contributed by atoms with van der Waals surface area (Å²) in [5.41, 5.74) is 1.04. The van der Waals surface area contributed by atoms with Gasteiger partial charge in [0.05, 0.1) is 28.9 Å². The fraction of sp³-hybridized carbons (Fsp3) is 0.464. The van der Waals surface area contributed by atoms with Gasteiger partial charge in [-0.2, -0.15) is 8.42 Å². The van der Waals surface area contributed by atoms with Crippen molar-refractivity contribution >= 4 is 16.0 Å². The lowest BCUT2D eigenvalue weighted by Crippen LogP contribution is -2.78. The predicted octanol–water partition coefficient (Wildman–Crippen LogP) is 2.40. The fourth-order valence-electron chi connectivity index (χ4n) is 7.92. The highest BCUT2D eigenvalue weighted by Crippen LogP contribution is 2.66. The Bertz CT molecular complexity index is 1490. The Balaban J connectivity index is 0.000000510. The minimum Gasteiger partial charge on any atom is -0.504 e. The van der Waals surface area contributed by atoms with Gasteiger partial charge in [0.2, 0.25) is 0 Å². The number of hydrogen-bond donors (Lipinski definition) is 3. The average Bonchev–Trinajstić information content (AvgIpc) is 3.38. The smallest absolute Gasteiger partial charge is 0.261 e. The first-order valence-electron chi connectivity index (χ1n) is 13.0.